The SMILES string of the molecule is CCCCCCCCCCCC[CH]([Sn])CSC. The van der Waals surface area contributed by atoms with Crippen LogP contribution in [0.2, 0.25) is 3.93 Å². The Labute approximate surface area is 127 Å². The fourth-order valence-electron chi connectivity index (χ4n) is 2.16. The maximum absolute atomic E-state index is 2.29. The fourth-order valence-corrected chi connectivity index (χ4v) is 4.74. The van der Waals surface area contributed by atoms with E-state index in [1.807, 2.05) is 11.8 Å². The van der Waals surface area contributed by atoms with Crippen molar-refractivity contribution in [2.75, 3.05) is 12.0 Å². The maximum atomic E-state index is 2.29. The molecule has 101 valence electrons. The van der Waals surface area contributed by atoms with Crippen molar-refractivity contribution in [3.8, 4) is 0 Å². The van der Waals surface area contributed by atoms with E-state index in [0.717, 1.165) is 3.93 Å². The summed E-state index contributed by atoms with van der Waals surface area (Å²) < 4.78 is 1.02. The summed E-state index contributed by atoms with van der Waals surface area (Å²) in [6.07, 6.45) is 18.3. The van der Waals surface area contributed by atoms with E-state index in [1.165, 1.54) is 76.4 Å². The van der Waals surface area contributed by atoms with E-state index in [0.29, 0.717) is 0 Å². The summed E-state index contributed by atoms with van der Waals surface area (Å²) in [5, 5.41) is 0. The summed E-state index contributed by atoms with van der Waals surface area (Å²) in [7, 11) is 0. The van der Waals surface area contributed by atoms with Crippen molar-refractivity contribution in [3.05, 3.63) is 0 Å². The molecule has 17 heavy (non-hydrogen) atoms. The van der Waals surface area contributed by atoms with Crippen LogP contribution in [0.15, 0.2) is 0 Å². The molecule has 3 radical (unpaired) electrons. The molecule has 0 nitrogen and oxygen atoms in total. The van der Waals surface area contributed by atoms with Crippen LogP contribution in [0.1, 0.15) is 77.6 Å². The van der Waals surface area contributed by atoms with Crippen LogP contribution in [0.3, 0.4) is 0 Å². The molecule has 0 saturated carbocycles. The van der Waals surface area contributed by atoms with Crippen LogP contribution in [-0.4, -0.2) is 34.5 Å². The Morgan fingerprint density at radius 2 is 1.29 bits per heavy atom. The molecule has 0 bridgehead atoms. The first kappa shape index (κ1) is 18.1. The Kier molecular flexibility index (Phi) is 16.2. The van der Waals surface area contributed by atoms with Crippen molar-refractivity contribution in [1.82, 2.24) is 0 Å². The van der Waals surface area contributed by atoms with Gasteiger partial charge in [0.25, 0.3) is 0 Å². The molecule has 0 heterocycles. The minimum atomic E-state index is 1.02. The topological polar surface area (TPSA) is 0 Å². The van der Waals surface area contributed by atoms with Crippen LogP contribution in [0.25, 0.3) is 0 Å². The zero-order valence-corrected chi connectivity index (χ0v) is 15.6. The van der Waals surface area contributed by atoms with Gasteiger partial charge >= 0.3 is 121 Å². The summed E-state index contributed by atoms with van der Waals surface area (Å²) in [4.78, 5) is 0. The van der Waals surface area contributed by atoms with Gasteiger partial charge in [0.15, 0.2) is 0 Å². The predicted octanol–water partition coefficient (Wildman–Crippen LogP) is 5.62. The average Bonchev–Trinajstić information content (AvgIpc) is 2.32. The van der Waals surface area contributed by atoms with Crippen LogP contribution in [0.4, 0.5) is 0 Å². The van der Waals surface area contributed by atoms with Crippen LogP contribution in [0.5, 0.6) is 0 Å². The molecule has 0 spiro atoms. The Balaban J connectivity index is 2.98. The van der Waals surface area contributed by atoms with Crippen molar-refractivity contribution < 1.29 is 0 Å². The van der Waals surface area contributed by atoms with E-state index in [4.69, 9.17) is 0 Å². The third-order valence-corrected chi connectivity index (χ3v) is 6.26. The van der Waals surface area contributed by atoms with Crippen molar-refractivity contribution in [2.24, 2.45) is 0 Å². The summed E-state index contributed by atoms with van der Waals surface area (Å²) in [6, 6.07) is 0. The zero-order chi connectivity index (χ0) is 12.8. The molecule has 0 aromatic rings. The van der Waals surface area contributed by atoms with Crippen molar-refractivity contribution >= 4 is 34.3 Å². The molecule has 0 rings (SSSR count). The van der Waals surface area contributed by atoms with Crippen LogP contribution >= 0.6 is 11.8 Å². The average molecular weight is 362 g/mol. The number of unbranched alkanes of at least 4 members (excludes halogenated alkanes) is 9. The Bertz CT molecular complexity index is 139. The zero-order valence-electron chi connectivity index (χ0n) is 12.0. The van der Waals surface area contributed by atoms with E-state index in [-0.39, 0.29) is 0 Å². The molecular formula is C15H31SSn. The van der Waals surface area contributed by atoms with E-state index >= 15 is 0 Å². The van der Waals surface area contributed by atoms with Gasteiger partial charge in [0.05, 0.1) is 0 Å². The Morgan fingerprint density at radius 1 is 0.824 bits per heavy atom. The second kappa shape index (κ2) is 15.2. The summed E-state index contributed by atoms with van der Waals surface area (Å²) >= 11 is 3.76. The van der Waals surface area contributed by atoms with Gasteiger partial charge in [0, 0.05) is 0 Å². The molecule has 0 saturated heterocycles. The predicted molar refractivity (Wildman–Crippen MR) is 84.3 cm³/mol. The molecule has 2 heteroatoms. The first-order valence-electron chi connectivity index (χ1n) is 7.51. The van der Waals surface area contributed by atoms with Crippen LogP contribution in [0, 0.1) is 0 Å². The van der Waals surface area contributed by atoms with Gasteiger partial charge in [-0.2, -0.15) is 0 Å². The fraction of sp³-hybridized carbons (Fsp3) is 1.00. The summed E-state index contributed by atoms with van der Waals surface area (Å²) in [6.45, 7) is 2.29. The van der Waals surface area contributed by atoms with Crippen molar-refractivity contribution in [3.63, 3.8) is 0 Å². The normalized spacial score (nSPS) is 12.9. The molecule has 0 aliphatic carbocycles. The first-order chi connectivity index (χ1) is 8.31. The van der Waals surface area contributed by atoms with Gasteiger partial charge < -0.3 is 0 Å². The van der Waals surface area contributed by atoms with Gasteiger partial charge in [0.1, 0.15) is 0 Å². The number of rotatable bonds is 13. The minimum absolute atomic E-state index is 1.02. The Morgan fingerprint density at radius 3 is 1.76 bits per heavy atom. The van der Waals surface area contributed by atoms with E-state index in [9.17, 15) is 0 Å². The molecular weight excluding hydrogens is 331 g/mol. The number of hydrogen-bond acceptors (Lipinski definition) is 1. The Hall–Kier alpha value is 1.15. The molecule has 0 amide bonds. The molecule has 1 atom stereocenters. The molecule has 0 aromatic heterocycles. The van der Waals surface area contributed by atoms with Gasteiger partial charge in [-0.05, 0) is 0 Å². The third kappa shape index (κ3) is 15.1. The second-order valence-corrected chi connectivity index (χ2v) is 8.36. The monoisotopic (exact) mass is 363 g/mol. The van der Waals surface area contributed by atoms with E-state index in [1.54, 1.807) is 22.5 Å². The van der Waals surface area contributed by atoms with Gasteiger partial charge in [-0.15, -0.1) is 0 Å². The van der Waals surface area contributed by atoms with Gasteiger partial charge in [0.2, 0.25) is 0 Å². The first-order valence-corrected chi connectivity index (χ1v) is 10.6. The van der Waals surface area contributed by atoms with Gasteiger partial charge in [-0.3, -0.25) is 0 Å². The van der Waals surface area contributed by atoms with Gasteiger partial charge in [-0.25, -0.2) is 0 Å². The summed E-state index contributed by atoms with van der Waals surface area (Å²) in [5.41, 5.74) is 0. The van der Waals surface area contributed by atoms with Crippen LogP contribution < -0.4 is 0 Å². The number of thioether (sulfide) groups is 1. The van der Waals surface area contributed by atoms with Gasteiger partial charge in [-0.1, -0.05) is 6.92 Å². The van der Waals surface area contributed by atoms with Crippen molar-refractivity contribution in [1.29, 1.82) is 0 Å². The van der Waals surface area contributed by atoms with Crippen molar-refractivity contribution in [2.45, 2.75) is 81.5 Å². The molecule has 0 aliphatic rings. The molecule has 0 aromatic carbocycles. The number of hydrogen-bond donors (Lipinski definition) is 0. The molecule has 0 fully saturated rings. The molecule has 0 N–H and O–H groups in total. The second-order valence-electron chi connectivity index (χ2n) is 5.12. The molecule has 1 unspecified atom stereocenters. The third-order valence-electron chi connectivity index (χ3n) is 3.27. The quantitative estimate of drug-likeness (QED) is 0.303. The molecule has 0 aliphatic heterocycles. The van der Waals surface area contributed by atoms with E-state index in [2.05, 4.69) is 13.2 Å². The standard InChI is InChI=1S/C15H31S.Sn/c1-3-4-5-6-7-8-9-10-11-12-13-14-15-16-2;/h14H,3-13,15H2,1-2H3;. The van der Waals surface area contributed by atoms with E-state index < -0.39 is 0 Å². The van der Waals surface area contributed by atoms with Crippen LogP contribution in [-0.2, 0) is 0 Å². The summed E-state index contributed by atoms with van der Waals surface area (Å²) in [5.74, 6) is 1.38.